The molecule has 34 heavy (non-hydrogen) atoms. The number of nitrogens with one attached hydrogen (secondary N) is 1. The van der Waals surface area contributed by atoms with Gasteiger partial charge in [-0.25, -0.2) is 4.98 Å². The summed E-state index contributed by atoms with van der Waals surface area (Å²) in [5.41, 5.74) is 6.31. The number of aromatic nitrogens is 2. The predicted molar refractivity (Wildman–Crippen MR) is 136 cm³/mol. The molecule has 5 rings (SSSR count). The fraction of sp³-hybridized carbons (Fsp3) is 0.143. The van der Waals surface area contributed by atoms with Gasteiger partial charge in [-0.3, -0.25) is 9.20 Å². The van der Waals surface area contributed by atoms with E-state index >= 15 is 0 Å². The maximum atomic E-state index is 12.6. The first-order valence-electron chi connectivity index (χ1n) is 11.2. The normalized spacial score (nSPS) is 11.0. The van der Waals surface area contributed by atoms with Crippen molar-refractivity contribution in [3.05, 3.63) is 113 Å². The minimum atomic E-state index is -0.0188. The molecule has 0 radical (unpaired) electrons. The number of amides is 1. The number of benzene rings is 3. The molecule has 2 aromatic heterocycles. The lowest BCUT2D eigenvalue weighted by molar-refractivity contribution is -0.120. The largest absolute Gasteiger partial charge is 0.489 e. The lowest BCUT2D eigenvalue weighted by atomic mass is 10.1. The van der Waals surface area contributed by atoms with E-state index < -0.39 is 0 Å². The second kappa shape index (κ2) is 9.93. The maximum absolute atomic E-state index is 12.6. The quantitative estimate of drug-likeness (QED) is 0.313. The number of nitrogens with zero attached hydrogens (tertiary/aromatic N) is 2. The predicted octanol–water partition coefficient (Wildman–Crippen LogP) is 5.81. The molecule has 170 valence electrons. The van der Waals surface area contributed by atoms with Crippen LogP contribution in [-0.2, 0) is 24.4 Å². The van der Waals surface area contributed by atoms with Gasteiger partial charge in [0, 0.05) is 29.4 Å². The zero-order valence-corrected chi connectivity index (χ0v) is 19.7. The molecule has 0 saturated carbocycles. The fourth-order valence-corrected chi connectivity index (χ4v) is 4.56. The van der Waals surface area contributed by atoms with Crippen LogP contribution in [0.4, 0.5) is 0 Å². The van der Waals surface area contributed by atoms with Gasteiger partial charge in [-0.1, -0.05) is 72.3 Å². The third-order valence-corrected chi connectivity index (χ3v) is 6.52. The van der Waals surface area contributed by atoms with Crippen LogP contribution in [0.3, 0.4) is 0 Å². The Balaban J connectivity index is 1.16. The van der Waals surface area contributed by atoms with Crippen molar-refractivity contribution in [1.82, 2.24) is 14.7 Å². The minimum absolute atomic E-state index is 0.0188. The number of rotatable bonds is 8. The van der Waals surface area contributed by atoms with E-state index in [9.17, 15) is 4.79 Å². The van der Waals surface area contributed by atoms with Crippen LogP contribution in [0.1, 0.15) is 22.4 Å². The highest BCUT2D eigenvalue weighted by molar-refractivity contribution is 7.15. The number of carbonyl (C=O) groups excluding carboxylic acids is 1. The number of imidazole rings is 1. The van der Waals surface area contributed by atoms with E-state index in [1.807, 2.05) is 70.6 Å². The van der Waals surface area contributed by atoms with Crippen LogP contribution < -0.4 is 10.1 Å². The standard InChI is InChI=1S/C28H25N3O2S/c1-20-7-11-23(12-8-20)26-17-31-24(19-34-28(31)30-26)15-27(32)29-16-21-9-13-25(14-10-21)33-18-22-5-3-2-4-6-22/h2-14,17,19H,15-16,18H2,1H3,(H,29,32). The van der Waals surface area contributed by atoms with Gasteiger partial charge in [-0.05, 0) is 30.2 Å². The summed E-state index contributed by atoms with van der Waals surface area (Å²) < 4.78 is 7.84. The van der Waals surface area contributed by atoms with Crippen LogP contribution >= 0.6 is 11.3 Å². The van der Waals surface area contributed by atoms with Gasteiger partial charge in [0.15, 0.2) is 4.96 Å². The summed E-state index contributed by atoms with van der Waals surface area (Å²) in [5, 5.41) is 5.01. The summed E-state index contributed by atoms with van der Waals surface area (Å²) >= 11 is 1.55. The van der Waals surface area contributed by atoms with Crippen LogP contribution in [0.2, 0.25) is 0 Å². The number of thiazole rings is 1. The van der Waals surface area contributed by atoms with Gasteiger partial charge in [-0.15, -0.1) is 11.3 Å². The van der Waals surface area contributed by atoms with Crippen molar-refractivity contribution >= 4 is 22.2 Å². The Morgan fingerprint density at radius 1 is 0.971 bits per heavy atom. The molecule has 0 aliphatic heterocycles. The van der Waals surface area contributed by atoms with Gasteiger partial charge in [0.25, 0.3) is 0 Å². The van der Waals surface area contributed by atoms with Gasteiger partial charge in [0.2, 0.25) is 5.91 Å². The smallest absolute Gasteiger partial charge is 0.226 e. The maximum Gasteiger partial charge on any atom is 0.226 e. The zero-order chi connectivity index (χ0) is 23.3. The van der Waals surface area contributed by atoms with Crippen molar-refractivity contribution in [2.45, 2.75) is 26.5 Å². The molecule has 2 heterocycles. The molecule has 0 aliphatic carbocycles. The molecule has 5 aromatic rings. The van der Waals surface area contributed by atoms with Gasteiger partial charge < -0.3 is 10.1 Å². The highest BCUT2D eigenvalue weighted by Crippen LogP contribution is 2.24. The van der Waals surface area contributed by atoms with Crippen LogP contribution in [0.15, 0.2) is 90.4 Å². The number of fused-ring (bicyclic) bond motifs is 1. The molecule has 0 saturated heterocycles. The third-order valence-electron chi connectivity index (χ3n) is 5.63. The topological polar surface area (TPSA) is 55.6 Å². The fourth-order valence-electron chi connectivity index (χ4n) is 3.69. The van der Waals surface area contributed by atoms with E-state index in [0.29, 0.717) is 19.6 Å². The van der Waals surface area contributed by atoms with E-state index in [1.54, 1.807) is 11.3 Å². The van der Waals surface area contributed by atoms with E-state index in [1.165, 1.54) is 5.56 Å². The summed E-state index contributed by atoms with van der Waals surface area (Å²) in [6, 6.07) is 26.2. The van der Waals surface area contributed by atoms with Crippen molar-refractivity contribution in [1.29, 1.82) is 0 Å². The summed E-state index contributed by atoms with van der Waals surface area (Å²) in [5.74, 6) is 0.791. The highest BCUT2D eigenvalue weighted by Gasteiger charge is 2.12. The first kappa shape index (κ1) is 21.9. The van der Waals surface area contributed by atoms with Crippen LogP contribution in [0.25, 0.3) is 16.2 Å². The number of aryl methyl sites for hydroxylation is 1. The summed E-state index contributed by atoms with van der Waals surface area (Å²) in [6.07, 6.45) is 2.31. The Kier molecular flexibility index (Phi) is 6.40. The number of ether oxygens (including phenoxy) is 1. The van der Waals surface area contributed by atoms with Gasteiger partial charge in [0.1, 0.15) is 12.4 Å². The van der Waals surface area contributed by atoms with Crippen molar-refractivity contribution in [2.24, 2.45) is 0 Å². The molecule has 0 bridgehead atoms. The Morgan fingerprint density at radius 3 is 2.50 bits per heavy atom. The Labute approximate surface area is 202 Å². The summed E-state index contributed by atoms with van der Waals surface area (Å²) in [4.78, 5) is 18.2. The average Bonchev–Trinajstić information content (AvgIpc) is 3.45. The molecule has 0 atom stereocenters. The van der Waals surface area contributed by atoms with Crippen molar-refractivity contribution in [3.8, 4) is 17.0 Å². The summed E-state index contributed by atoms with van der Waals surface area (Å²) in [6.45, 7) is 3.08. The molecule has 0 unspecified atom stereocenters. The number of hydrogen-bond donors (Lipinski definition) is 1. The van der Waals surface area contributed by atoms with Gasteiger partial charge in [-0.2, -0.15) is 0 Å². The van der Waals surface area contributed by atoms with E-state index in [4.69, 9.17) is 9.72 Å². The molecule has 1 N–H and O–H groups in total. The third kappa shape index (κ3) is 5.18. The molecule has 1 amide bonds. The molecule has 0 spiro atoms. The molecule has 3 aromatic carbocycles. The van der Waals surface area contributed by atoms with E-state index in [2.05, 4.69) is 36.5 Å². The highest BCUT2D eigenvalue weighted by atomic mass is 32.1. The monoisotopic (exact) mass is 467 g/mol. The van der Waals surface area contributed by atoms with Crippen LogP contribution in [-0.4, -0.2) is 15.3 Å². The molecular weight excluding hydrogens is 442 g/mol. The second-order valence-electron chi connectivity index (χ2n) is 8.24. The van der Waals surface area contributed by atoms with Crippen LogP contribution in [0, 0.1) is 6.92 Å². The van der Waals surface area contributed by atoms with Gasteiger partial charge in [0.05, 0.1) is 12.1 Å². The van der Waals surface area contributed by atoms with Crippen molar-refractivity contribution in [2.75, 3.05) is 0 Å². The first-order chi connectivity index (χ1) is 16.6. The lowest BCUT2D eigenvalue weighted by Crippen LogP contribution is -2.24. The molecule has 5 nitrogen and oxygen atoms in total. The SMILES string of the molecule is Cc1ccc(-c2cn3c(CC(=O)NCc4ccc(OCc5ccccc5)cc4)csc3n2)cc1. The number of carbonyl (C=O) groups is 1. The Bertz CT molecular complexity index is 1390. The lowest BCUT2D eigenvalue weighted by Gasteiger charge is -2.08. The number of hydrogen-bond acceptors (Lipinski definition) is 4. The zero-order valence-electron chi connectivity index (χ0n) is 18.9. The molecule has 6 heteroatoms. The first-order valence-corrected chi connectivity index (χ1v) is 12.1. The molecule has 0 aliphatic rings. The Morgan fingerprint density at radius 2 is 1.74 bits per heavy atom. The van der Waals surface area contributed by atoms with Crippen LogP contribution in [0.5, 0.6) is 5.75 Å². The van der Waals surface area contributed by atoms with Crippen molar-refractivity contribution < 1.29 is 9.53 Å². The van der Waals surface area contributed by atoms with E-state index in [-0.39, 0.29) is 5.91 Å². The minimum Gasteiger partial charge on any atom is -0.489 e. The van der Waals surface area contributed by atoms with Gasteiger partial charge >= 0.3 is 0 Å². The molecular formula is C28H25N3O2S. The second-order valence-corrected chi connectivity index (χ2v) is 9.08. The van der Waals surface area contributed by atoms with Crippen molar-refractivity contribution in [3.63, 3.8) is 0 Å². The van der Waals surface area contributed by atoms with E-state index in [0.717, 1.165) is 38.8 Å². The Hall–Kier alpha value is -3.90. The average molecular weight is 468 g/mol. The molecule has 0 fully saturated rings. The summed E-state index contributed by atoms with van der Waals surface area (Å²) in [7, 11) is 0.